The van der Waals surface area contributed by atoms with E-state index < -0.39 is 0 Å². The molecule has 0 saturated heterocycles. The van der Waals surface area contributed by atoms with Crippen molar-refractivity contribution in [2.24, 2.45) is 0 Å². The summed E-state index contributed by atoms with van der Waals surface area (Å²) in [4.78, 5) is 21.3. The molecular weight excluding hydrogens is 284 g/mol. The molecule has 0 unspecified atom stereocenters. The first kappa shape index (κ1) is 14.3. The minimum absolute atomic E-state index is 0.0811. The molecule has 112 valence electrons. The molecule has 1 aliphatic rings. The first-order valence-corrected chi connectivity index (χ1v) is 7.97. The number of carbonyl (C=O) groups is 1. The van der Waals surface area contributed by atoms with E-state index in [2.05, 4.69) is 22.2 Å². The Morgan fingerprint density at radius 3 is 3.00 bits per heavy atom. The van der Waals surface area contributed by atoms with E-state index in [0.29, 0.717) is 11.4 Å². The number of fused-ring (bicyclic) bond motifs is 3. The molecule has 6 heteroatoms. The number of pyridine rings is 1. The van der Waals surface area contributed by atoms with Gasteiger partial charge in [-0.3, -0.25) is 4.79 Å². The van der Waals surface area contributed by atoms with E-state index in [1.165, 1.54) is 10.4 Å². The van der Waals surface area contributed by atoms with Gasteiger partial charge in [0.25, 0.3) is 5.91 Å². The molecule has 3 N–H and O–H groups in total. The molecule has 2 aromatic rings. The zero-order valence-corrected chi connectivity index (χ0v) is 13.4. The van der Waals surface area contributed by atoms with Crippen LogP contribution in [0.4, 0.5) is 5.82 Å². The van der Waals surface area contributed by atoms with Gasteiger partial charge in [0.15, 0.2) is 0 Å². The topological polar surface area (TPSA) is 71.2 Å². The number of carbonyl (C=O) groups excluding carboxylic acids is 1. The van der Waals surface area contributed by atoms with Crippen molar-refractivity contribution in [1.82, 2.24) is 15.2 Å². The van der Waals surface area contributed by atoms with Crippen molar-refractivity contribution in [2.75, 3.05) is 19.3 Å². The summed E-state index contributed by atoms with van der Waals surface area (Å²) in [6.07, 6.45) is 1.00. The third-order valence-electron chi connectivity index (χ3n) is 3.72. The highest BCUT2D eigenvalue weighted by atomic mass is 32.1. The van der Waals surface area contributed by atoms with Crippen LogP contribution in [0.15, 0.2) is 6.07 Å². The Hall–Kier alpha value is -1.66. The SMILES string of the molecule is CC(C)NC(=O)c1cc2c3c(sc2nc1N)CN(C)CC3. The maximum Gasteiger partial charge on any atom is 0.255 e. The van der Waals surface area contributed by atoms with E-state index >= 15 is 0 Å². The van der Waals surface area contributed by atoms with Gasteiger partial charge in [-0.25, -0.2) is 4.98 Å². The number of anilines is 1. The van der Waals surface area contributed by atoms with Gasteiger partial charge in [0.1, 0.15) is 10.6 Å². The molecule has 5 nitrogen and oxygen atoms in total. The number of likely N-dealkylation sites (N-methyl/N-ethyl adjacent to an activating group) is 1. The molecule has 3 heterocycles. The average molecular weight is 304 g/mol. The second kappa shape index (κ2) is 5.27. The Bertz CT molecular complexity index is 707. The Kier molecular flexibility index (Phi) is 3.59. The Labute approximate surface area is 128 Å². The van der Waals surface area contributed by atoms with Gasteiger partial charge in [0.2, 0.25) is 0 Å². The molecule has 0 aliphatic carbocycles. The van der Waals surface area contributed by atoms with Gasteiger partial charge in [-0.15, -0.1) is 11.3 Å². The fourth-order valence-corrected chi connectivity index (χ4v) is 3.97. The molecule has 0 spiro atoms. The molecule has 0 atom stereocenters. The van der Waals surface area contributed by atoms with Crippen LogP contribution in [0.25, 0.3) is 10.2 Å². The Morgan fingerprint density at radius 1 is 1.52 bits per heavy atom. The third kappa shape index (κ3) is 2.61. The van der Waals surface area contributed by atoms with E-state index in [4.69, 9.17) is 5.73 Å². The molecule has 0 bridgehead atoms. The molecular formula is C15H20N4OS. The van der Waals surface area contributed by atoms with Gasteiger partial charge in [-0.1, -0.05) is 0 Å². The number of amides is 1. The maximum atomic E-state index is 12.2. The summed E-state index contributed by atoms with van der Waals surface area (Å²) < 4.78 is 0. The van der Waals surface area contributed by atoms with Gasteiger partial charge in [-0.05, 0) is 38.9 Å². The van der Waals surface area contributed by atoms with Crippen LogP contribution in [0.3, 0.4) is 0 Å². The van der Waals surface area contributed by atoms with Crippen LogP contribution in [0.5, 0.6) is 0 Å². The number of nitrogens with one attached hydrogen (secondary N) is 1. The molecule has 3 rings (SSSR count). The zero-order chi connectivity index (χ0) is 15.1. The van der Waals surface area contributed by atoms with Crippen molar-refractivity contribution in [3.8, 4) is 0 Å². The van der Waals surface area contributed by atoms with E-state index in [0.717, 1.165) is 29.7 Å². The molecule has 0 saturated carbocycles. The number of rotatable bonds is 2. The first-order valence-electron chi connectivity index (χ1n) is 7.16. The maximum absolute atomic E-state index is 12.2. The number of hydrogen-bond acceptors (Lipinski definition) is 5. The third-order valence-corrected chi connectivity index (χ3v) is 4.85. The van der Waals surface area contributed by atoms with Crippen molar-refractivity contribution in [2.45, 2.75) is 32.9 Å². The number of nitrogens with two attached hydrogens (primary N) is 1. The highest BCUT2D eigenvalue weighted by Crippen LogP contribution is 2.35. The van der Waals surface area contributed by atoms with Crippen molar-refractivity contribution in [3.05, 3.63) is 22.1 Å². The Balaban J connectivity index is 2.08. The summed E-state index contributed by atoms with van der Waals surface area (Å²) in [6.45, 7) is 5.85. The smallest absolute Gasteiger partial charge is 0.255 e. The van der Waals surface area contributed by atoms with Crippen molar-refractivity contribution in [3.63, 3.8) is 0 Å². The zero-order valence-electron chi connectivity index (χ0n) is 12.6. The summed E-state index contributed by atoms with van der Waals surface area (Å²) in [6, 6.07) is 1.99. The lowest BCUT2D eigenvalue weighted by atomic mass is 10.0. The minimum Gasteiger partial charge on any atom is -0.383 e. The van der Waals surface area contributed by atoms with Gasteiger partial charge >= 0.3 is 0 Å². The van der Waals surface area contributed by atoms with E-state index in [1.54, 1.807) is 11.3 Å². The van der Waals surface area contributed by atoms with Crippen LogP contribution in [0.1, 0.15) is 34.6 Å². The van der Waals surface area contributed by atoms with Crippen LogP contribution in [-0.2, 0) is 13.0 Å². The standard InChI is InChI=1S/C15H20N4OS/c1-8(2)17-14(20)11-6-10-9-4-5-19(3)7-12(9)21-15(10)18-13(11)16/h6,8H,4-5,7H2,1-3H3,(H2,16,18)(H,17,20). The summed E-state index contributed by atoms with van der Waals surface area (Å²) in [5, 5.41) is 3.97. The number of aromatic nitrogens is 1. The predicted octanol–water partition coefficient (Wildman–Crippen LogP) is 2.00. The van der Waals surface area contributed by atoms with Crippen LogP contribution in [0, 0.1) is 0 Å². The highest BCUT2D eigenvalue weighted by Gasteiger charge is 2.22. The van der Waals surface area contributed by atoms with Gasteiger partial charge in [0, 0.05) is 29.4 Å². The molecule has 0 fully saturated rings. The molecule has 1 amide bonds. The summed E-state index contributed by atoms with van der Waals surface area (Å²) in [7, 11) is 2.12. The predicted molar refractivity (Wildman–Crippen MR) is 86.7 cm³/mol. The van der Waals surface area contributed by atoms with Crippen molar-refractivity contribution in [1.29, 1.82) is 0 Å². The number of hydrogen-bond donors (Lipinski definition) is 2. The monoisotopic (exact) mass is 304 g/mol. The van der Waals surface area contributed by atoms with Gasteiger partial charge in [0.05, 0.1) is 5.56 Å². The van der Waals surface area contributed by atoms with E-state index in [9.17, 15) is 4.79 Å². The lowest BCUT2D eigenvalue weighted by molar-refractivity contribution is 0.0944. The fraction of sp³-hybridized carbons (Fsp3) is 0.467. The van der Waals surface area contributed by atoms with E-state index in [-0.39, 0.29) is 11.9 Å². The fourth-order valence-electron chi connectivity index (χ4n) is 2.68. The van der Waals surface area contributed by atoms with E-state index in [1.807, 2.05) is 19.9 Å². The lowest BCUT2D eigenvalue weighted by Crippen LogP contribution is -2.30. The van der Waals surface area contributed by atoms with Crippen LogP contribution in [-0.4, -0.2) is 35.4 Å². The molecule has 0 aromatic carbocycles. The van der Waals surface area contributed by atoms with Crippen LogP contribution in [0.2, 0.25) is 0 Å². The Morgan fingerprint density at radius 2 is 2.29 bits per heavy atom. The summed E-state index contributed by atoms with van der Waals surface area (Å²) in [5.41, 5.74) is 7.79. The van der Waals surface area contributed by atoms with Crippen molar-refractivity contribution < 1.29 is 4.79 Å². The second-order valence-corrected chi connectivity index (χ2v) is 6.98. The second-order valence-electron chi connectivity index (χ2n) is 5.89. The first-order chi connectivity index (χ1) is 9.95. The normalized spacial score (nSPS) is 15.4. The van der Waals surface area contributed by atoms with Crippen LogP contribution >= 0.6 is 11.3 Å². The average Bonchev–Trinajstić information content (AvgIpc) is 2.72. The molecule has 2 aromatic heterocycles. The van der Waals surface area contributed by atoms with Gasteiger partial charge < -0.3 is 16.0 Å². The minimum atomic E-state index is -0.148. The van der Waals surface area contributed by atoms with Gasteiger partial charge in [-0.2, -0.15) is 0 Å². The summed E-state index contributed by atoms with van der Waals surface area (Å²) in [5.74, 6) is 0.164. The number of nitrogen functional groups attached to an aromatic ring is 1. The number of thiophene rings is 1. The molecule has 1 aliphatic heterocycles. The number of nitrogens with zero attached hydrogens (tertiary/aromatic N) is 2. The largest absolute Gasteiger partial charge is 0.383 e. The lowest BCUT2D eigenvalue weighted by Gasteiger charge is -2.22. The van der Waals surface area contributed by atoms with Crippen molar-refractivity contribution >= 4 is 33.3 Å². The van der Waals surface area contributed by atoms with Crippen LogP contribution < -0.4 is 11.1 Å². The summed E-state index contributed by atoms with van der Waals surface area (Å²) >= 11 is 1.69. The molecule has 21 heavy (non-hydrogen) atoms. The highest BCUT2D eigenvalue weighted by molar-refractivity contribution is 7.18. The quantitative estimate of drug-likeness (QED) is 0.890. The molecule has 0 radical (unpaired) electrons.